The third kappa shape index (κ3) is 3.94. The average molecular weight is 489 g/mol. The van der Waals surface area contributed by atoms with Crippen LogP contribution in [0.1, 0.15) is 65.7 Å². The number of carbonyl (C=O) groups excluding carboxylic acids is 4. The van der Waals surface area contributed by atoms with Crippen LogP contribution in [0.2, 0.25) is 0 Å². The van der Waals surface area contributed by atoms with E-state index in [1.807, 2.05) is 19.9 Å². The van der Waals surface area contributed by atoms with Crippen molar-refractivity contribution in [3.8, 4) is 0 Å². The Morgan fingerprint density at radius 3 is 2.63 bits per heavy atom. The van der Waals surface area contributed by atoms with E-state index in [0.717, 1.165) is 18.4 Å². The van der Waals surface area contributed by atoms with Crippen LogP contribution in [0.25, 0.3) is 0 Å². The Hall–Kier alpha value is -2.48. The minimum Gasteiger partial charge on any atom is -0.457 e. The molecule has 0 aromatic rings. The SMILES string of the molecule is CCCC(=O)OCC(=O)[C@@]1(OC(=O)OC)CC[C@H]2[C@@H]3CCC4=CC(=O)C=C[C@]4(C)[C@H]3C(O)C[C@@]21C. The van der Waals surface area contributed by atoms with Crippen LogP contribution in [-0.2, 0) is 28.6 Å². The summed E-state index contributed by atoms with van der Waals surface area (Å²) in [4.78, 5) is 50.0. The highest BCUT2D eigenvalue weighted by Gasteiger charge is 2.70. The van der Waals surface area contributed by atoms with Crippen molar-refractivity contribution in [3.63, 3.8) is 0 Å². The van der Waals surface area contributed by atoms with Gasteiger partial charge in [0.1, 0.15) is 0 Å². The number of fused-ring (bicyclic) bond motifs is 5. The van der Waals surface area contributed by atoms with Gasteiger partial charge in [-0.1, -0.05) is 32.4 Å². The van der Waals surface area contributed by atoms with Crippen LogP contribution < -0.4 is 0 Å². The third-order valence-corrected chi connectivity index (χ3v) is 9.31. The fourth-order valence-electron chi connectivity index (χ4n) is 7.72. The number of aliphatic hydroxyl groups excluding tert-OH is 1. The van der Waals surface area contributed by atoms with E-state index < -0.39 is 47.0 Å². The first kappa shape index (κ1) is 25.6. The van der Waals surface area contributed by atoms with Crippen molar-refractivity contribution in [2.24, 2.45) is 28.6 Å². The van der Waals surface area contributed by atoms with Crippen LogP contribution in [0, 0.1) is 28.6 Å². The molecular formula is C27H36O8. The van der Waals surface area contributed by atoms with Gasteiger partial charge in [-0.15, -0.1) is 0 Å². The maximum Gasteiger partial charge on any atom is 0.509 e. The zero-order valence-electron chi connectivity index (χ0n) is 21.0. The van der Waals surface area contributed by atoms with Crippen molar-refractivity contribution in [2.75, 3.05) is 13.7 Å². The van der Waals surface area contributed by atoms with E-state index in [1.165, 1.54) is 7.11 Å². The number of hydrogen-bond acceptors (Lipinski definition) is 8. The topological polar surface area (TPSA) is 116 Å². The van der Waals surface area contributed by atoms with Crippen molar-refractivity contribution >= 4 is 23.7 Å². The summed E-state index contributed by atoms with van der Waals surface area (Å²) in [5.74, 6) is -1.02. The van der Waals surface area contributed by atoms with Gasteiger partial charge in [0.05, 0.1) is 13.2 Å². The van der Waals surface area contributed by atoms with Gasteiger partial charge in [0.2, 0.25) is 5.78 Å². The number of ether oxygens (including phenoxy) is 3. The Bertz CT molecular complexity index is 982. The molecule has 1 unspecified atom stereocenters. The summed E-state index contributed by atoms with van der Waals surface area (Å²) in [5, 5.41) is 11.6. The van der Waals surface area contributed by atoms with Crippen LogP contribution in [0.15, 0.2) is 23.8 Å². The van der Waals surface area contributed by atoms with E-state index in [0.29, 0.717) is 12.8 Å². The molecule has 7 atom stereocenters. The van der Waals surface area contributed by atoms with Gasteiger partial charge in [-0.05, 0) is 62.5 Å². The molecule has 0 aromatic heterocycles. The molecule has 0 saturated heterocycles. The monoisotopic (exact) mass is 488 g/mol. The predicted octanol–water partition coefficient (Wildman–Crippen LogP) is 3.70. The second-order valence-electron chi connectivity index (χ2n) is 11.0. The molecule has 35 heavy (non-hydrogen) atoms. The number of hydrogen-bond donors (Lipinski definition) is 1. The number of esters is 1. The van der Waals surface area contributed by atoms with Crippen LogP contribution in [0.5, 0.6) is 0 Å². The second kappa shape index (κ2) is 9.19. The van der Waals surface area contributed by atoms with Crippen molar-refractivity contribution in [2.45, 2.75) is 77.4 Å². The first-order chi connectivity index (χ1) is 16.5. The van der Waals surface area contributed by atoms with E-state index in [9.17, 15) is 24.3 Å². The molecule has 4 aliphatic carbocycles. The van der Waals surface area contributed by atoms with Gasteiger partial charge in [0.15, 0.2) is 18.0 Å². The van der Waals surface area contributed by atoms with Crippen molar-refractivity contribution in [3.05, 3.63) is 23.8 Å². The average Bonchev–Trinajstić information content (AvgIpc) is 3.10. The number of rotatable bonds is 6. The quantitative estimate of drug-likeness (QED) is 0.563. The van der Waals surface area contributed by atoms with Crippen molar-refractivity contribution in [1.29, 1.82) is 0 Å². The zero-order valence-corrected chi connectivity index (χ0v) is 21.0. The zero-order chi connectivity index (χ0) is 25.6. The van der Waals surface area contributed by atoms with Crippen molar-refractivity contribution < 1.29 is 38.5 Å². The molecule has 1 N–H and O–H groups in total. The van der Waals surface area contributed by atoms with Crippen LogP contribution >= 0.6 is 0 Å². The second-order valence-corrected chi connectivity index (χ2v) is 11.0. The number of Topliss-reactive ketones (excluding diaryl/α,β-unsaturated/α-hetero) is 1. The van der Waals surface area contributed by atoms with E-state index in [-0.39, 0.29) is 42.8 Å². The molecule has 0 aromatic carbocycles. The normalized spacial score (nSPS) is 39.6. The summed E-state index contributed by atoms with van der Waals surface area (Å²) in [5.41, 5.74) is -1.81. The lowest BCUT2D eigenvalue weighted by atomic mass is 9.46. The molecule has 0 spiro atoms. The molecule has 8 nitrogen and oxygen atoms in total. The smallest absolute Gasteiger partial charge is 0.457 e. The van der Waals surface area contributed by atoms with Gasteiger partial charge in [-0.3, -0.25) is 14.4 Å². The predicted molar refractivity (Wildman–Crippen MR) is 125 cm³/mol. The molecule has 0 heterocycles. The largest absolute Gasteiger partial charge is 0.509 e. The summed E-state index contributed by atoms with van der Waals surface area (Å²) in [6.07, 6.45) is 6.93. The molecule has 3 fully saturated rings. The lowest BCUT2D eigenvalue weighted by molar-refractivity contribution is -0.185. The Kier molecular flexibility index (Phi) is 6.72. The summed E-state index contributed by atoms with van der Waals surface area (Å²) in [6.45, 7) is 5.34. The number of aliphatic hydroxyl groups is 1. The van der Waals surface area contributed by atoms with Gasteiger partial charge in [0, 0.05) is 23.2 Å². The highest BCUT2D eigenvalue weighted by Crippen LogP contribution is 2.67. The Balaban J connectivity index is 1.68. The Morgan fingerprint density at radius 2 is 1.94 bits per heavy atom. The number of allylic oxidation sites excluding steroid dienone is 4. The molecule has 4 rings (SSSR count). The minimum absolute atomic E-state index is 0.000234. The molecule has 4 aliphatic rings. The van der Waals surface area contributed by atoms with Gasteiger partial charge in [0.25, 0.3) is 0 Å². The van der Waals surface area contributed by atoms with Gasteiger partial charge >= 0.3 is 12.1 Å². The van der Waals surface area contributed by atoms with Gasteiger partial charge < -0.3 is 19.3 Å². The summed E-state index contributed by atoms with van der Waals surface area (Å²) < 4.78 is 15.8. The summed E-state index contributed by atoms with van der Waals surface area (Å²) in [6, 6.07) is 0. The van der Waals surface area contributed by atoms with E-state index in [2.05, 4.69) is 6.92 Å². The molecule has 0 amide bonds. The Morgan fingerprint density at radius 1 is 1.20 bits per heavy atom. The van der Waals surface area contributed by atoms with E-state index >= 15 is 0 Å². The molecular weight excluding hydrogens is 452 g/mol. The molecule has 0 radical (unpaired) electrons. The van der Waals surface area contributed by atoms with Crippen molar-refractivity contribution in [1.82, 2.24) is 0 Å². The molecule has 192 valence electrons. The van der Waals surface area contributed by atoms with Crippen LogP contribution in [0.3, 0.4) is 0 Å². The number of methoxy groups -OCH3 is 1. The molecule has 0 aliphatic heterocycles. The highest BCUT2D eigenvalue weighted by molar-refractivity contribution is 6.01. The fraction of sp³-hybridized carbons (Fsp3) is 0.704. The number of carbonyl (C=O) groups is 4. The molecule has 0 bridgehead atoms. The first-order valence-corrected chi connectivity index (χ1v) is 12.6. The third-order valence-electron chi connectivity index (χ3n) is 9.31. The number of ketones is 2. The fourth-order valence-corrected chi connectivity index (χ4v) is 7.72. The minimum atomic E-state index is -1.56. The molecule has 3 saturated carbocycles. The van der Waals surface area contributed by atoms with E-state index in [4.69, 9.17) is 14.2 Å². The Labute approximate surface area is 206 Å². The first-order valence-electron chi connectivity index (χ1n) is 12.6. The maximum absolute atomic E-state index is 13.6. The van der Waals surface area contributed by atoms with E-state index in [1.54, 1.807) is 12.2 Å². The highest BCUT2D eigenvalue weighted by atomic mass is 16.7. The standard InChI is InChI=1S/C27H36O8/c1-5-6-22(31)34-15-21(30)27(35-24(32)33-4)12-10-19-18-8-7-16-13-17(28)9-11-25(16,2)23(18)20(29)14-26(19,27)3/h9,11,13,18-20,23,29H,5-8,10,12,14-15H2,1-4H3/t18-,19-,20?,23+,25-,26-,27-/m0/s1. The lowest BCUT2D eigenvalue weighted by Crippen LogP contribution is -2.63. The van der Waals surface area contributed by atoms with Gasteiger partial charge in [-0.25, -0.2) is 4.79 Å². The summed E-state index contributed by atoms with van der Waals surface area (Å²) >= 11 is 0. The molecule has 8 heteroatoms. The maximum atomic E-state index is 13.6. The lowest BCUT2D eigenvalue weighted by Gasteiger charge is -2.59. The summed E-state index contributed by atoms with van der Waals surface area (Å²) in [7, 11) is 1.19. The van der Waals surface area contributed by atoms with Gasteiger partial charge in [-0.2, -0.15) is 0 Å². The van der Waals surface area contributed by atoms with Crippen LogP contribution in [-0.4, -0.2) is 54.2 Å². The van der Waals surface area contributed by atoms with Crippen LogP contribution in [0.4, 0.5) is 4.79 Å².